The number of aromatic nitrogens is 2. The number of nitrogens with zero attached hydrogens (tertiary/aromatic N) is 1. The SMILES string of the molecule is NC(=O)c1ccc2nc(-c3ccc(C(=O)Nc4ccccc4)cc3)[nH]c2c1. The number of hydrogen-bond donors (Lipinski definition) is 3. The van der Waals surface area contributed by atoms with Gasteiger partial charge in [0.2, 0.25) is 5.91 Å². The predicted molar refractivity (Wildman–Crippen MR) is 104 cm³/mol. The first-order valence-electron chi connectivity index (χ1n) is 8.36. The number of anilines is 1. The molecule has 0 aliphatic heterocycles. The molecule has 0 radical (unpaired) electrons. The van der Waals surface area contributed by atoms with Crippen LogP contribution in [-0.2, 0) is 0 Å². The lowest BCUT2D eigenvalue weighted by atomic mass is 10.1. The van der Waals surface area contributed by atoms with Crippen LogP contribution in [0.3, 0.4) is 0 Å². The number of fused-ring (bicyclic) bond motifs is 1. The van der Waals surface area contributed by atoms with Crippen LogP contribution in [0.2, 0.25) is 0 Å². The van der Waals surface area contributed by atoms with Gasteiger partial charge in [0.1, 0.15) is 5.82 Å². The second-order valence-electron chi connectivity index (χ2n) is 6.08. The van der Waals surface area contributed by atoms with Crippen molar-refractivity contribution in [1.82, 2.24) is 9.97 Å². The Balaban J connectivity index is 1.57. The van der Waals surface area contributed by atoms with Gasteiger partial charge in [0.25, 0.3) is 5.91 Å². The third kappa shape index (κ3) is 3.41. The average Bonchev–Trinajstić information content (AvgIpc) is 3.12. The largest absolute Gasteiger partial charge is 0.366 e. The van der Waals surface area contributed by atoms with E-state index in [4.69, 9.17) is 5.73 Å². The summed E-state index contributed by atoms with van der Waals surface area (Å²) in [7, 11) is 0. The van der Waals surface area contributed by atoms with Crippen LogP contribution in [0, 0.1) is 0 Å². The number of nitrogens with two attached hydrogens (primary N) is 1. The topological polar surface area (TPSA) is 101 Å². The highest BCUT2D eigenvalue weighted by Crippen LogP contribution is 2.22. The van der Waals surface area contributed by atoms with E-state index >= 15 is 0 Å². The van der Waals surface area contributed by atoms with Crippen molar-refractivity contribution in [3.63, 3.8) is 0 Å². The summed E-state index contributed by atoms with van der Waals surface area (Å²) >= 11 is 0. The van der Waals surface area contributed by atoms with Crippen molar-refractivity contribution >= 4 is 28.5 Å². The summed E-state index contributed by atoms with van der Waals surface area (Å²) in [5, 5.41) is 2.85. The minimum absolute atomic E-state index is 0.177. The molecule has 0 fully saturated rings. The number of H-pyrrole nitrogens is 1. The van der Waals surface area contributed by atoms with Gasteiger partial charge < -0.3 is 16.0 Å². The number of primary amides is 1. The fourth-order valence-electron chi connectivity index (χ4n) is 2.80. The van der Waals surface area contributed by atoms with Crippen molar-refractivity contribution in [3.05, 3.63) is 83.9 Å². The molecule has 0 atom stereocenters. The van der Waals surface area contributed by atoms with Gasteiger partial charge in [0.05, 0.1) is 11.0 Å². The van der Waals surface area contributed by atoms with E-state index in [2.05, 4.69) is 15.3 Å². The van der Waals surface area contributed by atoms with E-state index < -0.39 is 5.91 Å². The van der Waals surface area contributed by atoms with Gasteiger partial charge >= 0.3 is 0 Å². The number of aromatic amines is 1. The van der Waals surface area contributed by atoms with Crippen LogP contribution >= 0.6 is 0 Å². The number of imidazole rings is 1. The van der Waals surface area contributed by atoms with Gasteiger partial charge in [-0.05, 0) is 42.5 Å². The van der Waals surface area contributed by atoms with Crippen LogP contribution in [0.4, 0.5) is 5.69 Å². The minimum atomic E-state index is -0.484. The predicted octanol–water partition coefficient (Wildman–Crippen LogP) is 3.58. The summed E-state index contributed by atoms with van der Waals surface area (Å²) in [5.74, 6) is -0.00748. The molecule has 1 aromatic heterocycles. The molecular weight excluding hydrogens is 340 g/mol. The number of amides is 2. The molecule has 6 nitrogen and oxygen atoms in total. The van der Waals surface area contributed by atoms with E-state index in [0.717, 1.165) is 22.3 Å². The molecule has 1 heterocycles. The van der Waals surface area contributed by atoms with Gasteiger partial charge in [-0.2, -0.15) is 0 Å². The Morgan fingerprint density at radius 2 is 1.59 bits per heavy atom. The molecule has 4 aromatic rings. The van der Waals surface area contributed by atoms with Crippen molar-refractivity contribution in [1.29, 1.82) is 0 Å². The lowest BCUT2D eigenvalue weighted by Crippen LogP contribution is -2.11. The second kappa shape index (κ2) is 6.76. The molecule has 2 amide bonds. The molecule has 6 heteroatoms. The smallest absolute Gasteiger partial charge is 0.255 e. The maximum atomic E-state index is 12.3. The zero-order valence-electron chi connectivity index (χ0n) is 14.3. The van der Waals surface area contributed by atoms with E-state index in [9.17, 15) is 9.59 Å². The van der Waals surface area contributed by atoms with Crippen molar-refractivity contribution in [2.45, 2.75) is 0 Å². The molecule has 0 bridgehead atoms. The second-order valence-corrected chi connectivity index (χ2v) is 6.08. The Hall–Kier alpha value is -3.93. The fraction of sp³-hybridized carbons (Fsp3) is 0. The number of carbonyl (C=O) groups is 2. The Morgan fingerprint density at radius 1 is 0.889 bits per heavy atom. The zero-order chi connectivity index (χ0) is 18.8. The maximum Gasteiger partial charge on any atom is 0.255 e. The Morgan fingerprint density at radius 3 is 2.30 bits per heavy atom. The molecule has 0 saturated carbocycles. The van der Waals surface area contributed by atoms with Gasteiger partial charge in [-0.1, -0.05) is 30.3 Å². The number of benzene rings is 3. The molecule has 4 rings (SSSR count). The highest BCUT2D eigenvalue weighted by molar-refractivity contribution is 6.04. The number of rotatable bonds is 4. The van der Waals surface area contributed by atoms with Crippen LogP contribution in [-0.4, -0.2) is 21.8 Å². The third-order valence-electron chi connectivity index (χ3n) is 4.22. The third-order valence-corrected chi connectivity index (χ3v) is 4.22. The standard InChI is InChI=1S/C21H16N4O2/c22-19(26)15-10-11-17-18(12-15)25-20(24-17)13-6-8-14(9-7-13)21(27)23-16-4-2-1-3-5-16/h1-12H,(H2,22,26)(H,23,27)(H,24,25). The van der Waals surface area contributed by atoms with E-state index in [1.54, 1.807) is 30.3 Å². The molecule has 3 aromatic carbocycles. The summed E-state index contributed by atoms with van der Waals surface area (Å²) in [6, 6.07) is 21.5. The van der Waals surface area contributed by atoms with E-state index in [0.29, 0.717) is 17.0 Å². The van der Waals surface area contributed by atoms with Gasteiger partial charge in [-0.15, -0.1) is 0 Å². The number of nitrogens with one attached hydrogen (secondary N) is 2. The molecule has 0 aliphatic carbocycles. The highest BCUT2D eigenvalue weighted by Gasteiger charge is 2.10. The first kappa shape index (κ1) is 16.5. The minimum Gasteiger partial charge on any atom is -0.366 e. The van der Waals surface area contributed by atoms with E-state index in [1.165, 1.54) is 0 Å². The Labute approximate surface area is 155 Å². The van der Waals surface area contributed by atoms with E-state index in [-0.39, 0.29) is 5.91 Å². The quantitative estimate of drug-likeness (QED) is 0.521. The van der Waals surface area contributed by atoms with Gasteiger partial charge in [0.15, 0.2) is 0 Å². The van der Waals surface area contributed by atoms with Crippen LogP contribution in [0.1, 0.15) is 20.7 Å². The Kier molecular flexibility index (Phi) is 4.14. The first-order chi connectivity index (χ1) is 13.1. The lowest BCUT2D eigenvalue weighted by molar-refractivity contribution is 0.0997. The van der Waals surface area contributed by atoms with Crippen LogP contribution in [0.25, 0.3) is 22.4 Å². The molecular formula is C21H16N4O2. The lowest BCUT2D eigenvalue weighted by Gasteiger charge is -2.05. The normalized spacial score (nSPS) is 10.7. The average molecular weight is 356 g/mol. The van der Waals surface area contributed by atoms with Crippen LogP contribution in [0.5, 0.6) is 0 Å². The zero-order valence-corrected chi connectivity index (χ0v) is 14.3. The van der Waals surface area contributed by atoms with Crippen LogP contribution < -0.4 is 11.1 Å². The number of carbonyl (C=O) groups excluding carboxylic acids is 2. The molecule has 0 saturated heterocycles. The highest BCUT2D eigenvalue weighted by atomic mass is 16.2. The Bertz CT molecular complexity index is 1130. The summed E-state index contributed by atoms with van der Waals surface area (Å²) in [6.07, 6.45) is 0. The van der Waals surface area contributed by atoms with Gasteiger partial charge in [-0.3, -0.25) is 9.59 Å². The van der Waals surface area contributed by atoms with E-state index in [1.807, 2.05) is 42.5 Å². The van der Waals surface area contributed by atoms with Crippen molar-refractivity contribution in [3.8, 4) is 11.4 Å². The molecule has 4 N–H and O–H groups in total. The molecule has 0 aliphatic rings. The molecule has 27 heavy (non-hydrogen) atoms. The summed E-state index contributed by atoms with van der Waals surface area (Å²) in [4.78, 5) is 31.3. The van der Waals surface area contributed by atoms with Gasteiger partial charge in [-0.25, -0.2) is 4.98 Å². The van der Waals surface area contributed by atoms with Crippen LogP contribution in [0.15, 0.2) is 72.8 Å². The summed E-state index contributed by atoms with van der Waals surface area (Å²) < 4.78 is 0. The number of para-hydroxylation sites is 1. The van der Waals surface area contributed by atoms with Gasteiger partial charge in [0, 0.05) is 22.4 Å². The van der Waals surface area contributed by atoms with Crippen molar-refractivity contribution in [2.75, 3.05) is 5.32 Å². The van der Waals surface area contributed by atoms with Crippen molar-refractivity contribution < 1.29 is 9.59 Å². The number of hydrogen-bond acceptors (Lipinski definition) is 3. The fourth-order valence-corrected chi connectivity index (χ4v) is 2.80. The maximum absolute atomic E-state index is 12.3. The summed E-state index contributed by atoms with van der Waals surface area (Å²) in [6.45, 7) is 0. The monoisotopic (exact) mass is 356 g/mol. The molecule has 0 spiro atoms. The summed E-state index contributed by atoms with van der Waals surface area (Å²) in [5.41, 5.74) is 9.33. The molecule has 0 unspecified atom stereocenters. The first-order valence-corrected chi connectivity index (χ1v) is 8.36. The van der Waals surface area contributed by atoms with Crippen molar-refractivity contribution in [2.24, 2.45) is 5.73 Å². The molecule has 132 valence electrons.